The zero-order valence-electron chi connectivity index (χ0n) is 20.2. The lowest BCUT2D eigenvalue weighted by Crippen LogP contribution is -2.24. The molecule has 0 spiro atoms. The SMILES string of the molecule is CCc1ccc(-c2c(-c3ccc(C#N)cc3)cc(OC)c3cncn23)cn1.CN1CCCCC1. The van der Waals surface area contributed by atoms with Crippen molar-refractivity contribution in [1.82, 2.24) is 19.3 Å². The van der Waals surface area contributed by atoms with Crippen LogP contribution < -0.4 is 4.74 Å². The van der Waals surface area contributed by atoms with Crippen LogP contribution >= 0.6 is 0 Å². The van der Waals surface area contributed by atoms with Crippen LogP contribution in [0.2, 0.25) is 0 Å². The minimum Gasteiger partial charge on any atom is -0.494 e. The normalized spacial score (nSPS) is 13.7. The number of nitrogens with zero attached hydrogens (tertiary/aromatic N) is 5. The number of ether oxygens (including phenoxy) is 1. The number of likely N-dealkylation sites (tertiary alicyclic amines) is 1. The van der Waals surface area contributed by atoms with E-state index in [1.807, 2.05) is 47.0 Å². The summed E-state index contributed by atoms with van der Waals surface area (Å²) < 4.78 is 7.61. The molecule has 34 heavy (non-hydrogen) atoms. The van der Waals surface area contributed by atoms with Crippen LogP contribution in [0.25, 0.3) is 27.9 Å². The zero-order chi connectivity index (χ0) is 23.9. The molecule has 174 valence electrons. The largest absolute Gasteiger partial charge is 0.494 e. The summed E-state index contributed by atoms with van der Waals surface area (Å²) in [6.07, 6.45) is 10.6. The van der Waals surface area contributed by atoms with E-state index in [0.29, 0.717) is 5.56 Å². The molecule has 1 fully saturated rings. The fourth-order valence-corrected chi connectivity index (χ4v) is 4.29. The highest BCUT2D eigenvalue weighted by molar-refractivity contribution is 5.86. The highest BCUT2D eigenvalue weighted by atomic mass is 16.5. The number of hydrogen-bond donors (Lipinski definition) is 0. The summed E-state index contributed by atoms with van der Waals surface area (Å²) in [5, 5.41) is 9.09. The molecule has 1 saturated heterocycles. The van der Waals surface area contributed by atoms with Crippen molar-refractivity contribution in [1.29, 1.82) is 5.26 Å². The van der Waals surface area contributed by atoms with Gasteiger partial charge in [-0.25, -0.2) is 4.98 Å². The van der Waals surface area contributed by atoms with E-state index in [9.17, 15) is 0 Å². The van der Waals surface area contributed by atoms with Crippen molar-refractivity contribution < 1.29 is 4.74 Å². The number of benzene rings is 1. The van der Waals surface area contributed by atoms with E-state index in [4.69, 9.17) is 10.00 Å². The Morgan fingerprint density at radius 3 is 2.29 bits per heavy atom. The molecular weight excluding hydrogens is 422 g/mol. The number of nitriles is 1. The summed E-state index contributed by atoms with van der Waals surface area (Å²) >= 11 is 0. The van der Waals surface area contributed by atoms with Crippen molar-refractivity contribution in [2.45, 2.75) is 32.6 Å². The van der Waals surface area contributed by atoms with E-state index >= 15 is 0 Å². The van der Waals surface area contributed by atoms with Crippen molar-refractivity contribution >= 4 is 5.52 Å². The Kier molecular flexibility index (Phi) is 7.56. The third-order valence-electron chi connectivity index (χ3n) is 6.25. The molecule has 0 N–H and O–H groups in total. The van der Waals surface area contributed by atoms with E-state index in [0.717, 1.165) is 45.8 Å². The van der Waals surface area contributed by atoms with Gasteiger partial charge in [-0.05, 0) is 75.3 Å². The van der Waals surface area contributed by atoms with Crippen LogP contribution in [0.5, 0.6) is 5.75 Å². The van der Waals surface area contributed by atoms with Crippen LogP contribution in [-0.4, -0.2) is 46.5 Å². The van der Waals surface area contributed by atoms with Gasteiger partial charge >= 0.3 is 0 Å². The third-order valence-corrected chi connectivity index (χ3v) is 6.25. The summed E-state index contributed by atoms with van der Waals surface area (Å²) in [6.45, 7) is 4.73. The number of aromatic nitrogens is 3. The molecule has 6 nitrogen and oxygen atoms in total. The van der Waals surface area contributed by atoms with Gasteiger partial charge in [0, 0.05) is 23.0 Å². The van der Waals surface area contributed by atoms with Gasteiger partial charge in [-0.1, -0.05) is 25.5 Å². The van der Waals surface area contributed by atoms with Crippen LogP contribution in [0.3, 0.4) is 0 Å². The van der Waals surface area contributed by atoms with Crippen LogP contribution in [0.1, 0.15) is 37.4 Å². The fraction of sp³-hybridized carbons (Fsp3) is 0.321. The van der Waals surface area contributed by atoms with Gasteiger partial charge in [0.1, 0.15) is 11.3 Å². The molecule has 0 unspecified atom stereocenters. The van der Waals surface area contributed by atoms with Crippen LogP contribution in [0.4, 0.5) is 0 Å². The summed E-state index contributed by atoms with van der Waals surface area (Å²) in [4.78, 5) is 11.3. The van der Waals surface area contributed by atoms with E-state index in [1.54, 1.807) is 19.6 Å². The van der Waals surface area contributed by atoms with E-state index in [-0.39, 0.29) is 0 Å². The number of rotatable bonds is 4. The van der Waals surface area contributed by atoms with Crippen LogP contribution in [-0.2, 0) is 6.42 Å². The third kappa shape index (κ3) is 5.11. The summed E-state index contributed by atoms with van der Waals surface area (Å²) in [5.74, 6) is 0.744. The first kappa shape index (κ1) is 23.5. The van der Waals surface area contributed by atoms with Gasteiger partial charge in [0.15, 0.2) is 0 Å². The van der Waals surface area contributed by atoms with Crippen molar-refractivity contribution in [2.24, 2.45) is 0 Å². The quantitative estimate of drug-likeness (QED) is 0.402. The average Bonchev–Trinajstić information content (AvgIpc) is 3.39. The molecule has 0 saturated carbocycles. The number of pyridine rings is 2. The number of methoxy groups -OCH3 is 1. The summed E-state index contributed by atoms with van der Waals surface area (Å²) in [6, 6.07) is 15.9. The second kappa shape index (κ2) is 11.0. The molecule has 6 heteroatoms. The van der Waals surface area contributed by atoms with E-state index in [1.165, 1.54) is 32.4 Å². The minimum atomic E-state index is 0.630. The predicted octanol–water partition coefficient (Wildman–Crippen LogP) is 5.61. The molecule has 0 bridgehead atoms. The molecule has 0 atom stereocenters. The Hall–Kier alpha value is -3.69. The number of fused-ring (bicyclic) bond motifs is 1. The van der Waals surface area contributed by atoms with Gasteiger partial charge in [0.2, 0.25) is 0 Å². The molecule has 5 rings (SSSR count). The number of piperidine rings is 1. The molecule has 1 aromatic carbocycles. The Labute approximate surface area is 201 Å². The minimum absolute atomic E-state index is 0.630. The number of imidazole rings is 1. The highest BCUT2D eigenvalue weighted by Crippen LogP contribution is 2.37. The Morgan fingerprint density at radius 2 is 1.74 bits per heavy atom. The maximum absolute atomic E-state index is 9.09. The lowest BCUT2D eigenvalue weighted by atomic mass is 9.98. The first-order chi connectivity index (χ1) is 16.6. The Balaban J connectivity index is 0.000000336. The summed E-state index contributed by atoms with van der Waals surface area (Å²) in [5.41, 5.74) is 6.55. The van der Waals surface area contributed by atoms with Crippen molar-refractivity contribution in [3.05, 3.63) is 72.4 Å². The molecule has 0 aliphatic carbocycles. The first-order valence-electron chi connectivity index (χ1n) is 11.8. The zero-order valence-corrected chi connectivity index (χ0v) is 20.2. The molecule has 1 aliphatic heterocycles. The molecule has 0 amide bonds. The maximum Gasteiger partial charge on any atom is 0.145 e. The second-order valence-corrected chi connectivity index (χ2v) is 8.57. The Bertz CT molecular complexity index is 1260. The van der Waals surface area contributed by atoms with Gasteiger partial charge < -0.3 is 9.64 Å². The van der Waals surface area contributed by atoms with Gasteiger partial charge in [-0.2, -0.15) is 5.26 Å². The molecule has 4 aromatic rings. The highest BCUT2D eigenvalue weighted by Gasteiger charge is 2.16. The number of hydrogen-bond acceptors (Lipinski definition) is 5. The van der Waals surface area contributed by atoms with Gasteiger partial charge in [-0.3, -0.25) is 9.38 Å². The monoisotopic (exact) mass is 453 g/mol. The van der Waals surface area contributed by atoms with Crippen molar-refractivity contribution in [2.75, 3.05) is 27.2 Å². The molecular formula is C28H31N5O. The van der Waals surface area contributed by atoms with Gasteiger partial charge in [-0.15, -0.1) is 0 Å². The predicted molar refractivity (Wildman–Crippen MR) is 136 cm³/mol. The van der Waals surface area contributed by atoms with Gasteiger partial charge in [0.25, 0.3) is 0 Å². The molecule has 3 aromatic heterocycles. The lowest BCUT2D eigenvalue weighted by Gasteiger charge is -2.20. The standard InChI is InChI=1S/C22H18N4O.C6H13N/c1-3-18-9-8-17(12-25-18)22-19(16-6-4-15(11-23)5-7-16)10-21(27-2)20-13-24-14-26(20)22;1-7-5-3-2-4-6-7/h4-10,12-14H,3H2,1-2H3;2-6H2,1H3. The first-order valence-corrected chi connectivity index (χ1v) is 11.8. The van der Waals surface area contributed by atoms with Crippen LogP contribution in [0.15, 0.2) is 61.2 Å². The topological polar surface area (TPSA) is 66.4 Å². The Morgan fingerprint density at radius 1 is 1.00 bits per heavy atom. The van der Waals surface area contributed by atoms with Crippen molar-refractivity contribution in [3.8, 4) is 34.2 Å². The second-order valence-electron chi connectivity index (χ2n) is 8.57. The lowest BCUT2D eigenvalue weighted by molar-refractivity contribution is 0.277. The maximum atomic E-state index is 9.09. The smallest absolute Gasteiger partial charge is 0.145 e. The van der Waals surface area contributed by atoms with Crippen LogP contribution in [0, 0.1) is 11.3 Å². The molecule has 4 heterocycles. The van der Waals surface area contributed by atoms with Gasteiger partial charge in [0.05, 0.1) is 37.0 Å². The fourth-order valence-electron chi connectivity index (χ4n) is 4.29. The van der Waals surface area contributed by atoms with Crippen molar-refractivity contribution in [3.63, 3.8) is 0 Å². The average molecular weight is 454 g/mol. The molecule has 0 radical (unpaired) electrons. The summed E-state index contributed by atoms with van der Waals surface area (Å²) in [7, 11) is 3.85. The molecule has 1 aliphatic rings. The van der Waals surface area contributed by atoms with E-state index in [2.05, 4.69) is 41.0 Å². The number of aryl methyl sites for hydroxylation is 1. The van der Waals surface area contributed by atoms with E-state index < -0.39 is 0 Å².